The molecule has 0 unspecified atom stereocenters. The average molecular weight is 208 g/mol. The molecular weight excluding hydrogens is 198 g/mol. The quantitative estimate of drug-likeness (QED) is 0.761. The Hall–Kier alpha value is -1.64. The van der Waals surface area contributed by atoms with Gasteiger partial charge in [-0.2, -0.15) is 0 Å². The van der Waals surface area contributed by atoms with Crippen LogP contribution >= 0.6 is 0 Å². The number of fused-ring (bicyclic) bond motifs is 1. The second-order valence-corrected chi connectivity index (χ2v) is 3.42. The van der Waals surface area contributed by atoms with Gasteiger partial charge in [0.2, 0.25) is 0 Å². The zero-order valence-electron chi connectivity index (χ0n) is 8.22. The summed E-state index contributed by atoms with van der Waals surface area (Å²) in [6, 6.07) is 5.42. The molecule has 0 aliphatic carbocycles. The summed E-state index contributed by atoms with van der Waals surface area (Å²) in [6.07, 6.45) is 0.547. The summed E-state index contributed by atoms with van der Waals surface area (Å²) in [6.45, 7) is 1.83. The molecule has 0 fully saturated rings. The SMILES string of the molecule is CCc1cc(O)cc2ccc(F)c(F)c12. The van der Waals surface area contributed by atoms with Gasteiger partial charge in [0, 0.05) is 5.39 Å². The highest BCUT2D eigenvalue weighted by Crippen LogP contribution is 2.28. The number of rotatable bonds is 1. The van der Waals surface area contributed by atoms with Gasteiger partial charge >= 0.3 is 0 Å². The van der Waals surface area contributed by atoms with Crippen LogP contribution in [0.25, 0.3) is 10.8 Å². The maximum absolute atomic E-state index is 13.5. The lowest BCUT2D eigenvalue weighted by atomic mass is 10.0. The van der Waals surface area contributed by atoms with Crippen LogP contribution in [0.1, 0.15) is 12.5 Å². The second kappa shape index (κ2) is 3.50. The number of benzene rings is 2. The summed E-state index contributed by atoms with van der Waals surface area (Å²) in [4.78, 5) is 0. The fourth-order valence-corrected chi connectivity index (χ4v) is 1.74. The maximum atomic E-state index is 13.5. The molecule has 0 saturated carbocycles. The molecule has 1 N–H and O–H groups in total. The third-order valence-electron chi connectivity index (χ3n) is 2.45. The van der Waals surface area contributed by atoms with Crippen molar-refractivity contribution in [1.82, 2.24) is 0 Å². The molecule has 0 atom stereocenters. The average Bonchev–Trinajstić information content (AvgIpc) is 2.22. The van der Waals surface area contributed by atoms with Gasteiger partial charge in [-0.15, -0.1) is 0 Å². The largest absolute Gasteiger partial charge is 0.508 e. The van der Waals surface area contributed by atoms with Crippen molar-refractivity contribution >= 4 is 10.8 Å². The maximum Gasteiger partial charge on any atom is 0.166 e. The predicted molar refractivity (Wildman–Crippen MR) is 54.9 cm³/mol. The van der Waals surface area contributed by atoms with Gasteiger partial charge in [0.05, 0.1) is 0 Å². The van der Waals surface area contributed by atoms with Gasteiger partial charge in [0.15, 0.2) is 11.6 Å². The molecule has 0 radical (unpaired) electrons. The molecule has 0 aromatic heterocycles. The van der Waals surface area contributed by atoms with Crippen molar-refractivity contribution in [3.8, 4) is 5.75 Å². The number of halogens is 2. The van der Waals surface area contributed by atoms with Gasteiger partial charge in [-0.3, -0.25) is 0 Å². The molecule has 0 spiro atoms. The highest BCUT2D eigenvalue weighted by atomic mass is 19.2. The summed E-state index contributed by atoms with van der Waals surface area (Å²) >= 11 is 0. The second-order valence-electron chi connectivity index (χ2n) is 3.42. The van der Waals surface area contributed by atoms with Crippen molar-refractivity contribution < 1.29 is 13.9 Å². The molecule has 2 rings (SSSR count). The zero-order valence-corrected chi connectivity index (χ0v) is 8.22. The highest BCUT2D eigenvalue weighted by Gasteiger charge is 2.11. The van der Waals surface area contributed by atoms with E-state index in [0.717, 1.165) is 6.07 Å². The van der Waals surface area contributed by atoms with E-state index >= 15 is 0 Å². The molecule has 2 aromatic carbocycles. The first kappa shape index (κ1) is 9.90. The first-order chi connectivity index (χ1) is 7.13. The molecule has 0 saturated heterocycles. The number of hydrogen-bond donors (Lipinski definition) is 1. The van der Waals surface area contributed by atoms with Crippen molar-refractivity contribution in [2.45, 2.75) is 13.3 Å². The molecule has 0 heterocycles. The molecule has 0 amide bonds. The van der Waals surface area contributed by atoms with Crippen LogP contribution in [0, 0.1) is 11.6 Å². The minimum atomic E-state index is -0.858. The Morgan fingerprint density at radius 1 is 1.20 bits per heavy atom. The summed E-state index contributed by atoms with van der Waals surface area (Å²) in [7, 11) is 0. The van der Waals surface area contributed by atoms with Crippen LogP contribution in [0.2, 0.25) is 0 Å². The number of aromatic hydroxyl groups is 1. The third kappa shape index (κ3) is 1.54. The lowest BCUT2D eigenvalue weighted by Crippen LogP contribution is -1.91. The van der Waals surface area contributed by atoms with Crippen LogP contribution in [-0.2, 0) is 6.42 Å². The summed E-state index contributed by atoms with van der Waals surface area (Å²) in [5.74, 6) is -1.63. The Balaban J connectivity index is 2.91. The first-order valence-electron chi connectivity index (χ1n) is 4.73. The van der Waals surface area contributed by atoms with E-state index in [4.69, 9.17) is 0 Å². The van der Waals surface area contributed by atoms with Gasteiger partial charge in [-0.05, 0) is 35.6 Å². The van der Waals surface area contributed by atoms with E-state index in [1.165, 1.54) is 18.2 Å². The Labute approximate surface area is 86.0 Å². The molecule has 1 nitrogen and oxygen atoms in total. The highest BCUT2D eigenvalue weighted by molar-refractivity contribution is 5.87. The lowest BCUT2D eigenvalue weighted by molar-refractivity contribution is 0.475. The monoisotopic (exact) mass is 208 g/mol. The number of aryl methyl sites for hydroxylation is 1. The smallest absolute Gasteiger partial charge is 0.166 e. The minimum absolute atomic E-state index is 0.0744. The van der Waals surface area contributed by atoms with Crippen molar-refractivity contribution in [2.75, 3.05) is 0 Å². The van der Waals surface area contributed by atoms with Crippen LogP contribution in [0.3, 0.4) is 0 Å². The van der Waals surface area contributed by atoms with E-state index in [1.54, 1.807) is 0 Å². The van der Waals surface area contributed by atoms with Crippen LogP contribution in [-0.4, -0.2) is 5.11 Å². The standard InChI is InChI=1S/C12H10F2O/c1-2-7-5-9(15)6-8-3-4-10(13)12(14)11(7)8/h3-6,15H,2H2,1H3. The van der Waals surface area contributed by atoms with Gasteiger partial charge in [-0.25, -0.2) is 8.78 Å². The van der Waals surface area contributed by atoms with Crippen LogP contribution < -0.4 is 0 Å². The topological polar surface area (TPSA) is 20.2 Å². The minimum Gasteiger partial charge on any atom is -0.508 e. The van der Waals surface area contributed by atoms with Gasteiger partial charge in [0.25, 0.3) is 0 Å². The summed E-state index contributed by atoms with van der Waals surface area (Å²) in [5.41, 5.74) is 0.613. The van der Waals surface area contributed by atoms with E-state index in [0.29, 0.717) is 17.4 Å². The van der Waals surface area contributed by atoms with Crippen molar-refractivity contribution in [1.29, 1.82) is 0 Å². The molecule has 78 valence electrons. The van der Waals surface area contributed by atoms with E-state index in [9.17, 15) is 13.9 Å². The fraction of sp³-hybridized carbons (Fsp3) is 0.167. The number of hydrogen-bond acceptors (Lipinski definition) is 1. The fourth-order valence-electron chi connectivity index (χ4n) is 1.74. The van der Waals surface area contributed by atoms with Crippen LogP contribution in [0.4, 0.5) is 8.78 Å². The predicted octanol–water partition coefficient (Wildman–Crippen LogP) is 3.39. The number of phenolic OH excluding ortho intramolecular Hbond substituents is 1. The lowest BCUT2D eigenvalue weighted by Gasteiger charge is -2.07. The molecule has 0 aliphatic heterocycles. The Bertz CT molecular complexity index is 521. The van der Waals surface area contributed by atoms with Crippen molar-refractivity contribution in [3.05, 3.63) is 41.5 Å². The van der Waals surface area contributed by atoms with Gasteiger partial charge in [-0.1, -0.05) is 13.0 Å². The molecule has 15 heavy (non-hydrogen) atoms. The normalized spacial score (nSPS) is 10.9. The van der Waals surface area contributed by atoms with Crippen LogP contribution in [0.5, 0.6) is 5.75 Å². The van der Waals surface area contributed by atoms with E-state index in [-0.39, 0.29) is 11.1 Å². The van der Waals surface area contributed by atoms with E-state index < -0.39 is 11.6 Å². The molecular formula is C12H10F2O. The molecule has 0 aliphatic rings. The van der Waals surface area contributed by atoms with Gasteiger partial charge in [0.1, 0.15) is 5.75 Å². The third-order valence-corrected chi connectivity index (χ3v) is 2.45. The molecule has 3 heteroatoms. The molecule has 2 aromatic rings. The Morgan fingerprint density at radius 3 is 2.60 bits per heavy atom. The summed E-state index contributed by atoms with van der Waals surface area (Å²) in [5, 5.41) is 10.2. The first-order valence-corrected chi connectivity index (χ1v) is 4.73. The molecule has 0 bridgehead atoms. The Kier molecular flexibility index (Phi) is 2.31. The van der Waals surface area contributed by atoms with Crippen LogP contribution in [0.15, 0.2) is 24.3 Å². The van der Waals surface area contributed by atoms with Gasteiger partial charge < -0.3 is 5.11 Å². The zero-order chi connectivity index (χ0) is 11.0. The Morgan fingerprint density at radius 2 is 1.93 bits per heavy atom. The summed E-state index contributed by atoms with van der Waals surface area (Å²) < 4.78 is 26.5. The number of phenols is 1. The van der Waals surface area contributed by atoms with Crippen molar-refractivity contribution in [2.24, 2.45) is 0 Å². The van der Waals surface area contributed by atoms with Crippen molar-refractivity contribution in [3.63, 3.8) is 0 Å². The van der Waals surface area contributed by atoms with E-state index in [2.05, 4.69) is 0 Å². The van der Waals surface area contributed by atoms with E-state index in [1.807, 2.05) is 6.92 Å².